The van der Waals surface area contributed by atoms with Crippen LogP contribution in [-0.2, 0) is 0 Å². The SMILES string of the molecule is CN(C)c1nccn2c(I)c(-c3ccc(F)cc3)nc12. The summed E-state index contributed by atoms with van der Waals surface area (Å²) < 4.78 is 16.0. The molecular weight excluding hydrogens is 370 g/mol. The molecule has 0 bridgehead atoms. The molecule has 4 nitrogen and oxygen atoms in total. The molecule has 0 fully saturated rings. The third-order valence-electron chi connectivity index (χ3n) is 3.01. The average Bonchev–Trinajstić information content (AvgIpc) is 2.77. The second-order valence-corrected chi connectivity index (χ2v) is 5.62. The van der Waals surface area contributed by atoms with Gasteiger partial charge in [0.15, 0.2) is 11.5 Å². The molecule has 0 aliphatic rings. The lowest BCUT2D eigenvalue weighted by Crippen LogP contribution is -2.12. The number of aromatic nitrogens is 3. The fourth-order valence-corrected chi connectivity index (χ4v) is 2.86. The zero-order chi connectivity index (χ0) is 14.3. The zero-order valence-electron chi connectivity index (χ0n) is 11.0. The number of halogens is 2. The van der Waals surface area contributed by atoms with Crippen LogP contribution in [0.1, 0.15) is 0 Å². The van der Waals surface area contributed by atoms with Gasteiger partial charge in [0.05, 0.1) is 0 Å². The van der Waals surface area contributed by atoms with Gasteiger partial charge in [-0.3, -0.25) is 4.40 Å². The standard InChI is InChI=1S/C14H12FIN4/c1-19(2)13-14-18-11(9-3-5-10(15)6-4-9)12(16)20(14)8-7-17-13/h3-8H,1-2H3. The molecule has 3 aromatic rings. The molecule has 6 heteroatoms. The van der Waals surface area contributed by atoms with E-state index in [1.807, 2.05) is 29.6 Å². The van der Waals surface area contributed by atoms with Crippen molar-refractivity contribution in [2.45, 2.75) is 0 Å². The van der Waals surface area contributed by atoms with Gasteiger partial charge in [0.1, 0.15) is 15.2 Å². The molecule has 1 aromatic carbocycles. The molecular formula is C14H12FIN4. The lowest BCUT2D eigenvalue weighted by atomic mass is 10.2. The molecule has 0 amide bonds. The Morgan fingerprint density at radius 3 is 2.55 bits per heavy atom. The van der Waals surface area contributed by atoms with Gasteiger partial charge in [-0.05, 0) is 46.9 Å². The fraction of sp³-hybridized carbons (Fsp3) is 0.143. The summed E-state index contributed by atoms with van der Waals surface area (Å²) in [5.74, 6) is 0.557. The first kappa shape index (κ1) is 13.3. The van der Waals surface area contributed by atoms with E-state index >= 15 is 0 Å². The van der Waals surface area contributed by atoms with Crippen molar-refractivity contribution in [2.75, 3.05) is 19.0 Å². The number of hydrogen-bond donors (Lipinski definition) is 0. The van der Waals surface area contributed by atoms with Crippen LogP contribution in [0.2, 0.25) is 0 Å². The largest absolute Gasteiger partial charge is 0.360 e. The first-order valence-electron chi connectivity index (χ1n) is 6.04. The molecule has 0 aliphatic heterocycles. The molecule has 0 atom stereocenters. The van der Waals surface area contributed by atoms with E-state index in [-0.39, 0.29) is 5.82 Å². The third-order valence-corrected chi connectivity index (χ3v) is 4.04. The Bertz CT molecular complexity index is 765. The van der Waals surface area contributed by atoms with Crippen LogP contribution in [-0.4, -0.2) is 28.5 Å². The van der Waals surface area contributed by atoms with Gasteiger partial charge in [0, 0.05) is 32.1 Å². The number of anilines is 1. The summed E-state index contributed by atoms with van der Waals surface area (Å²) in [6.07, 6.45) is 3.63. The summed E-state index contributed by atoms with van der Waals surface area (Å²) in [5, 5.41) is 0. The monoisotopic (exact) mass is 382 g/mol. The van der Waals surface area contributed by atoms with Crippen molar-refractivity contribution in [1.82, 2.24) is 14.4 Å². The molecule has 0 saturated heterocycles. The van der Waals surface area contributed by atoms with E-state index in [9.17, 15) is 4.39 Å². The highest BCUT2D eigenvalue weighted by Gasteiger charge is 2.15. The van der Waals surface area contributed by atoms with Crippen LogP contribution < -0.4 is 4.90 Å². The van der Waals surface area contributed by atoms with Crippen LogP contribution in [0, 0.1) is 9.52 Å². The van der Waals surface area contributed by atoms with Gasteiger partial charge >= 0.3 is 0 Å². The molecule has 0 unspecified atom stereocenters. The maximum atomic E-state index is 13.0. The average molecular weight is 382 g/mol. The molecule has 2 heterocycles. The van der Waals surface area contributed by atoms with Crippen molar-refractivity contribution >= 4 is 34.1 Å². The summed E-state index contributed by atoms with van der Waals surface area (Å²) in [5.41, 5.74) is 2.52. The molecule has 0 N–H and O–H groups in total. The maximum absolute atomic E-state index is 13.0. The second kappa shape index (κ2) is 5.01. The van der Waals surface area contributed by atoms with Crippen LogP contribution in [0.15, 0.2) is 36.7 Å². The number of benzene rings is 1. The Kier molecular flexibility index (Phi) is 3.33. The Morgan fingerprint density at radius 1 is 1.20 bits per heavy atom. The quantitative estimate of drug-likeness (QED) is 0.639. The van der Waals surface area contributed by atoms with Gasteiger partial charge in [-0.15, -0.1) is 0 Å². The molecule has 2 aromatic heterocycles. The van der Waals surface area contributed by atoms with Crippen LogP contribution in [0.3, 0.4) is 0 Å². The van der Waals surface area contributed by atoms with Gasteiger partial charge in [-0.1, -0.05) is 0 Å². The van der Waals surface area contributed by atoms with Gasteiger partial charge in [-0.2, -0.15) is 0 Å². The van der Waals surface area contributed by atoms with E-state index in [0.717, 1.165) is 26.4 Å². The van der Waals surface area contributed by atoms with Gasteiger partial charge in [0.25, 0.3) is 0 Å². The molecule has 0 spiro atoms. The fourth-order valence-electron chi connectivity index (χ4n) is 2.04. The summed E-state index contributed by atoms with van der Waals surface area (Å²) in [6, 6.07) is 6.37. The molecule has 0 saturated carbocycles. The Balaban J connectivity index is 2.25. The second-order valence-electron chi connectivity index (χ2n) is 4.60. The van der Waals surface area contributed by atoms with Gasteiger partial charge in [-0.25, -0.2) is 14.4 Å². The van der Waals surface area contributed by atoms with Crippen molar-refractivity contribution in [2.24, 2.45) is 0 Å². The summed E-state index contributed by atoms with van der Waals surface area (Å²) in [7, 11) is 3.86. The summed E-state index contributed by atoms with van der Waals surface area (Å²) in [4.78, 5) is 10.9. The van der Waals surface area contributed by atoms with Crippen LogP contribution >= 0.6 is 22.6 Å². The van der Waals surface area contributed by atoms with E-state index in [2.05, 4.69) is 32.6 Å². The third kappa shape index (κ3) is 2.13. The van der Waals surface area contributed by atoms with Gasteiger partial charge < -0.3 is 4.90 Å². The van der Waals surface area contributed by atoms with E-state index in [4.69, 9.17) is 0 Å². The molecule has 3 rings (SSSR count). The van der Waals surface area contributed by atoms with Crippen LogP contribution in [0.5, 0.6) is 0 Å². The predicted molar refractivity (Wildman–Crippen MR) is 85.4 cm³/mol. The minimum absolute atomic E-state index is 0.247. The lowest BCUT2D eigenvalue weighted by molar-refractivity contribution is 0.628. The van der Waals surface area contributed by atoms with E-state index in [0.29, 0.717) is 0 Å². The minimum Gasteiger partial charge on any atom is -0.360 e. The van der Waals surface area contributed by atoms with E-state index in [1.165, 1.54) is 12.1 Å². The number of rotatable bonds is 2. The van der Waals surface area contributed by atoms with E-state index < -0.39 is 0 Å². The maximum Gasteiger partial charge on any atom is 0.181 e. The summed E-state index contributed by atoms with van der Waals surface area (Å²) in [6.45, 7) is 0. The highest BCUT2D eigenvalue weighted by Crippen LogP contribution is 2.28. The summed E-state index contributed by atoms with van der Waals surface area (Å²) >= 11 is 2.25. The van der Waals surface area contributed by atoms with Crippen LogP contribution in [0.4, 0.5) is 10.2 Å². The highest BCUT2D eigenvalue weighted by atomic mass is 127. The van der Waals surface area contributed by atoms with Crippen LogP contribution in [0.25, 0.3) is 16.9 Å². The molecule has 0 radical (unpaired) electrons. The first-order chi connectivity index (χ1) is 9.58. The molecule has 102 valence electrons. The number of nitrogens with zero attached hydrogens (tertiary/aromatic N) is 4. The Labute approximate surface area is 129 Å². The van der Waals surface area contributed by atoms with Crippen molar-refractivity contribution < 1.29 is 4.39 Å². The smallest absolute Gasteiger partial charge is 0.181 e. The Hall–Kier alpha value is -1.70. The van der Waals surface area contributed by atoms with Crippen molar-refractivity contribution in [3.8, 4) is 11.3 Å². The van der Waals surface area contributed by atoms with Crippen molar-refractivity contribution in [3.63, 3.8) is 0 Å². The highest BCUT2D eigenvalue weighted by molar-refractivity contribution is 14.1. The number of hydrogen-bond acceptors (Lipinski definition) is 3. The van der Waals surface area contributed by atoms with E-state index in [1.54, 1.807) is 18.3 Å². The molecule has 20 heavy (non-hydrogen) atoms. The number of imidazole rings is 1. The predicted octanol–water partition coefficient (Wildman–Crippen LogP) is 3.21. The van der Waals surface area contributed by atoms with Crippen molar-refractivity contribution in [3.05, 3.63) is 46.2 Å². The number of fused-ring (bicyclic) bond motifs is 1. The van der Waals surface area contributed by atoms with Crippen molar-refractivity contribution in [1.29, 1.82) is 0 Å². The lowest BCUT2D eigenvalue weighted by Gasteiger charge is -2.11. The first-order valence-corrected chi connectivity index (χ1v) is 7.11. The zero-order valence-corrected chi connectivity index (χ0v) is 13.2. The minimum atomic E-state index is -0.247. The molecule has 0 aliphatic carbocycles. The topological polar surface area (TPSA) is 33.4 Å². The van der Waals surface area contributed by atoms with Gasteiger partial charge in [0.2, 0.25) is 0 Å². The normalized spacial score (nSPS) is 11.0. The Morgan fingerprint density at radius 2 is 1.90 bits per heavy atom.